The molecule has 1 aliphatic carbocycles. The number of anilines is 2. The largest absolute Gasteiger partial charge is 0.477 e. The van der Waals surface area contributed by atoms with Gasteiger partial charge in [-0.3, -0.25) is 15.1 Å². The number of ether oxygens (including phenoxy) is 1. The molecule has 1 aromatic carbocycles. The Bertz CT molecular complexity index is 1470. The van der Waals surface area contributed by atoms with Crippen molar-refractivity contribution >= 4 is 34.3 Å². The van der Waals surface area contributed by atoms with Crippen LogP contribution in [0.5, 0.6) is 0 Å². The fourth-order valence-electron chi connectivity index (χ4n) is 5.19. The van der Waals surface area contributed by atoms with Gasteiger partial charge in [-0.25, -0.2) is 18.4 Å². The van der Waals surface area contributed by atoms with Crippen LogP contribution in [0.4, 0.5) is 25.0 Å². The van der Waals surface area contributed by atoms with Crippen molar-refractivity contribution in [2.24, 2.45) is 5.41 Å². The van der Waals surface area contributed by atoms with Gasteiger partial charge in [-0.05, 0) is 40.5 Å². The Morgan fingerprint density at radius 1 is 1.21 bits per heavy atom. The molecule has 13 heteroatoms. The Hall–Kier alpha value is -3.87. The lowest BCUT2D eigenvalue weighted by atomic mass is 9.78. The minimum Gasteiger partial charge on any atom is -0.477 e. The number of aromatic nitrogens is 1. The smallest absolute Gasteiger partial charge is 0.410 e. The molecule has 210 valence electrons. The van der Waals surface area contributed by atoms with E-state index in [2.05, 4.69) is 5.48 Å². The summed E-state index contributed by atoms with van der Waals surface area (Å²) in [7, 11) is 0. The first-order valence-corrected chi connectivity index (χ1v) is 12.7. The standard InChI is InChI=1S/C26H31F2N5O6/c1-5-38-30-15-9-31(10-26(15)11-32(12-26)24(37)39-25(2,3)4)21-17(27)19(29)16-20(18(21)28)33(13-6-7-13)8-14(22(16)34)23(35)36/h8-9,13,30H,5-7,10-12,29H2,1-4H3,(H,35,36). The van der Waals surface area contributed by atoms with Gasteiger partial charge in [0.05, 0.1) is 34.3 Å². The Morgan fingerprint density at radius 2 is 1.87 bits per heavy atom. The fraction of sp³-hybridized carbons (Fsp3) is 0.500. The maximum Gasteiger partial charge on any atom is 0.410 e. The Kier molecular flexibility index (Phi) is 6.24. The van der Waals surface area contributed by atoms with E-state index in [0.29, 0.717) is 25.1 Å². The highest BCUT2D eigenvalue weighted by Crippen LogP contribution is 2.47. The minimum atomic E-state index is -1.50. The van der Waals surface area contributed by atoms with E-state index in [4.69, 9.17) is 15.3 Å². The number of halogens is 2. The molecule has 2 aliphatic heterocycles. The molecule has 0 atom stereocenters. The van der Waals surface area contributed by atoms with E-state index in [0.717, 1.165) is 6.20 Å². The number of hydrogen-bond donors (Lipinski definition) is 3. The first-order valence-electron chi connectivity index (χ1n) is 12.7. The van der Waals surface area contributed by atoms with Gasteiger partial charge in [-0.1, -0.05) is 0 Å². The maximum atomic E-state index is 16.3. The number of nitrogens with two attached hydrogens (primary N) is 1. The van der Waals surface area contributed by atoms with Crippen LogP contribution in [0.1, 0.15) is 56.9 Å². The number of pyridine rings is 1. The topological polar surface area (TPSA) is 139 Å². The number of carbonyl (C=O) groups is 2. The summed E-state index contributed by atoms with van der Waals surface area (Å²) >= 11 is 0. The van der Waals surface area contributed by atoms with E-state index in [9.17, 15) is 19.5 Å². The molecule has 0 bridgehead atoms. The summed E-state index contributed by atoms with van der Waals surface area (Å²) in [4.78, 5) is 45.4. The van der Waals surface area contributed by atoms with E-state index in [1.54, 1.807) is 27.7 Å². The molecule has 11 nitrogen and oxygen atoms in total. The summed E-state index contributed by atoms with van der Waals surface area (Å²) in [5, 5.41) is 9.01. The number of nitrogen functional groups attached to an aromatic ring is 1. The van der Waals surface area contributed by atoms with Crippen molar-refractivity contribution in [2.75, 3.05) is 36.9 Å². The zero-order valence-corrected chi connectivity index (χ0v) is 22.1. The van der Waals surface area contributed by atoms with Crippen molar-refractivity contribution in [3.05, 3.63) is 45.5 Å². The molecule has 4 N–H and O–H groups in total. The van der Waals surface area contributed by atoms with Crippen molar-refractivity contribution < 1.29 is 33.1 Å². The van der Waals surface area contributed by atoms with Crippen LogP contribution >= 0.6 is 0 Å². The summed E-state index contributed by atoms with van der Waals surface area (Å²) in [5.41, 5.74) is 5.02. The molecule has 3 aliphatic rings. The second-order valence-corrected chi connectivity index (χ2v) is 11.3. The van der Waals surface area contributed by atoms with Crippen LogP contribution in [-0.2, 0) is 9.57 Å². The number of nitrogens with zero attached hydrogens (tertiary/aromatic N) is 3. The number of rotatable bonds is 6. The number of benzene rings is 1. The number of amides is 1. The number of carbonyl (C=O) groups excluding carboxylic acids is 1. The molecule has 39 heavy (non-hydrogen) atoms. The minimum absolute atomic E-state index is 0.0847. The number of hydroxylamine groups is 1. The molecule has 1 saturated heterocycles. The third kappa shape index (κ3) is 4.44. The van der Waals surface area contributed by atoms with Crippen molar-refractivity contribution in [1.29, 1.82) is 0 Å². The monoisotopic (exact) mass is 547 g/mol. The summed E-state index contributed by atoms with van der Waals surface area (Å²) in [5.74, 6) is -3.70. The van der Waals surface area contributed by atoms with Crippen LogP contribution in [0, 0.1) is 17.0 Å². The predicted octanol–water partition coefficient (Wildman–Crippen LogP) is 3.33. The summed E-state index contributed by atoms with van der Waals surface area (Å²) in [6, 6.07) is -0.233. The van der Waals surface area contributed by atoms with Gasteiger partial charge in [0.15, 0.2) is 11.6 Å². The van der Waals surface area contributed by atoms with Crippen LogP contribution < -0.4 is 21.5 Å². The normalized spacial score (nSPS) is 18.4. The number of likely N-dealkylation sites (tertiary alicyclic amines) is 1. The Balaban J connectivity index is 1.58. The number of fused-ring (bicyclic) bond motifs is 1. The van der Waals surface area contributed by atoms with Gasteiger partial charge in [0.1, 0.15) is 16.9 Å². The van der Waals surface area contributed by atoms with Crippen LogP contribution in [0.2, 0.25) is 0 Å². The van der Waals surface area contributed by atoms with Crippen LogP contribution in [0.3, 0.4) is 0 Å². The number of aromatic carboxylic acids is 1. The van der Waals surface area contributed by atoms with E-state index < -0.39 is 62.5 Å². The summed E-state index contributed by atoms with van der Waals surface area (Å²) in [6.07, 6.45) is 3.40. The highest BCUT2D eigenvalue weighted by molar-refractivity contribution is 6.00. The molecule has 1 spiro atoms. The van der Waals surface area contributed by atoms with Crippen molar-refractivity contribution in [2.45, 2.75) is 52.2 Å². The molecule has 5 rings (SSSR count). The van der Waals surface area contributed by atoms with E-state index in [1.807, 2.05) is 0 Å². The summed E-state index contributed by atoms with van der Waals surface area (Å²) < 4.78 is 38.9. The maximum absolute atomic E-state index is 16.3. The molecular weight excluding hydrogens is 516 g/mol. The van der Waals surface area contributed by atoms with Gasteiger partial charge in [-0.2, -0.15) is 0 Å². The van der Waals surface area contributed by atoms with Crippen LogP contribution in [0.25, 0.3) is 10.9 Å². The van der Waals surface area contributed by atoms with E-state index in [1.165, 1.54) is 20.6 Å². The average Bonchev–Trinajstić information content (AvgIpc) is 3.59. The van der Waals surface area contributed by atoms with Gasteiger partial charge in [0.2, 0.25) is 5.43 Å². The van der Waals surface area contributed by atoms with Gasteiger partial charge in [-0.15, -0.1) is 0 Å². The van der Waals surface area contributed by atoms with Gasteiger partial charge < -0.3 is 29.9 Å². The third-order valence-corrected chi connectivity index (χ3v) is 7.12. The average molecular weight is 548 g/mol. The quantitative estimate of drug-likeness (QED) is 0.367. The zero-order valence-electron chi connectivity index (χ0n) is 22.1. The summed E-state index contributed by atoms with van der Waals surface area (Å²) in [6.45, 7) is 7.88. The first-order chi connectivity index (χ1) is 18.3. The predicted molar refractivity (Wildman–Crippen MR) is 138 cm³/mol. The fourth-order valence-corrected chi connectivity index (χ4v) is 5.19. The van der Waals surface area contributed by atoms with E-state index >= 15 is 8.78 Å². The SMILES string of the molecule is CCONC1=CN(c2c(F)c(N)c3c(=O)c(C(=O)O)cn(C4CC4)c3c2F)CC12CN(C(=O)OC(C)(C)C)C2. The van der Waals surface area contributed by atoms with Crippen LogP contribution in [-0.4, -0.2) is 58.5 Å². The molecule has 0 unspecified atom stereocenters. The van der Waals surface area contributed by atoms with Crippen molar-refractivity contribution in [3.63, 3.8) is 0 Å². The molecule has 2 fully saturated rings. The zero-order chi connectivity index (χ0) is 28.4. The number of hydrogen-bond acceptors (Lipinski definition) is 8. The number of nitrogens with one attached hydrogen (secondary N) is 1. The van der Waals surface area contributed by atoms with Gasteiger partial charge >= 0.3 is 12.1 Å². The lowest BCUT2D eigenvalue weighted by Gasteiger charge is -2.49. The van der Waals surface area contributed by atoms with Gasteiger partial charge in [0, 0.05) is 38.1 Å². The van der Waals surface area contributed by atoms with E-state index in [-0.39, 0.29) is 31.2 Å². The third-order valence-electron chi connectivity index (χ3n) is 7.12. The second kappa shape index (κ2) is 9.11. The molecule has 0 radical (unpaired) electrons. The van der Waals surface area contributed by atoms with Crippen molar-refractivity contribution in [3.8, 4) is 0 Å². The van der Waals surface area contributed by atoms with Crippen LogP contribution in [0.15, 0.2) is 22.9 Å². The lowest BCUT2D eigenvalue weighted by molar-refractivity contribution is -0.0299. The molecule has 1 aromatic heterocycles. The molecular formula is C26H31F2N5O6. The first kappa shape index (κ1) is 26.7. The van der Waals surface area contributed by atoms with Gasteiger partial charge in [0.25, 0.3) is 0 Å². The van der Waals surface area contributed by atoms with Crippen molar-refractivity contribution in [1.82, 2.24) is 14.9 Å². The molecule has 1 amide bonds. The lowest BCUT2D eigenvalue weighted by Crippen LogP contribution is -2.63. The Labute approximate surface area is 222 Å². The highest BCUT2D eigenvalue weighted by Gasteiger charge is 2.54. The number of carboxylic acid groups (broad SMARTS) is 1. The number of carboxylic acids is 1. The molecule has 1 saturated carbocycles. The molecule has 2 aromatic rings. The Morgan fingerprint density at radius 3 is 2.44 bits per heavy atom. The molecule has 3 heterocycles. The second-order valence-electron chi connectivity index (χ2n) is 11.3. The highest BCUT2D eigenvalue weighted by atomic mass is 19.1.